The average Bonchev–Trinajstić information content (AvgIpc) is 2.74. The molecule has 0 spiro atoms. The highest BCUT2D eigenvalue weighted by Crippen LogP contribution is 2.54. The molecule has 1 aromatic carbocycles. The van der Waals surface area contributed by atoms with Crippen LogP contribution in [0, 0.1) is 23.7 Å². The topological polar surface area (TPSA) is 48.0 Å². The van der Waals surface area contributed by atoms with Crippen molar-refractivity contribution in [3.8, 4) is 11.5 Å². The SMILES string of the molecule is COc1cc(OC)cc([C@H]2C=C[C@H]3CCC=C4[C@H]3[C@@H]2[C@@H](C)CN4C(=O)OC(C)(C)C)c1. The van der Waals surface area contributed by atoms with E-state index in [1.165, 1.54) is 5.56 Å². The number of allylic oxidation sites excluding steroid dienone is 4. The van der Waals surface area contributed by atoms with Crippen LogP contribution in [-0.2, 0) is 4.74 Å². The number of benzene rings is 1. The largest absolute Gasteiger partial charge is 0.497 e. The Morgan fingerprint density at radius 2 is 1.74 bits per heavy atom. The molecule has 2 aliphatic carbocycles. The monoisotopic (exact) mass is 425 g/mol. The third-order valence-electron chi connectivity index (χ3n) is 6.86. The molecule has 168 valence electrons. The number of nitrogens with zero attached hydrogens (tertiary/aromatic N) is 1. The fraction of sp³-hybridized carbons (Fsp3) is 0.577. The summed E-state index contributed by atoms with van der Waals surface area (Å²) in [6, 6.07) is 6.16. The summed E-state index contributed by atoms with van der Waals surface area (Å²) < 4.78 is 16.8. The van der Waals surface area contributed by atoms with Crippen molar-refractivity contribution in [2.45, 2.75) is 52.1 Å². The third-order valence-corrected chi connectivity index (χ3v) is 6.86. The molecular weight excluding hydrogens is 390 g/mol. The number of carbonyl (C=O) groups is 1. The lowest BCUT2D eigenvalue weighted by Crippen LogP contribution is -2.52. The van der Waals surface area contributed by atoms with Gasteiger partial charge in [0, 0.05) is 30.1 Å². The second-order valence-electron chi connectivity index (χ2n) is 10.1. The molecule has 0 aromatic heterocycles. The predicted molar refractivity (Wildman–Crippen MR) is 121 cm³/mol. The van der Waals surface area contributed by atoms with Gasteiger partial charge in [0.15, 0.2) is 0 Å². The van der Waals surface area contributed by atoms with Crippen molar-refractivity contribution in [1.82, 2.24) is 4.90 Å². The number of likely N-dealkylation sites (tertiary alicyclic amines) is 1. The zero-order valence-corrected chi connectivity index (χ0v) is 19.6. The Hall–Kier alpha value is -2.43. The van der Waals surface area contributed by atoms with Crippen molar-refractivity contribution in [2.75, 3.05) is 20.8 Å². The number of piperidine rings is 1. The molecule has 0 radical (unpaired) electrons. The first-order valence-corrected chi connectivity index (χ1v) is 11.3. The maximum Gasteiger partial charge on any atom is 0.414 e. The van der Waals surface area contributed by atoms with E-state index in [4.69, 9.17) is 14.2 Å². The average molecular weight is 426 g/mol. The lowest BCUT2D eigenvalue weighted by Gasteiger charge is -2.52. The standard InChI is InChI=1S/C26H35NO4/c1-16-15-27(25(28)31-26(2,3)4)22-9-7-8-17-10-11-21(23(16)24(17)22)18-12-19(29-5)14-20(13-18)30-6/h9-14,16-17,21,23-24H,7-8,15H2,1-6H3/t16-,17+,21+,23+,24-/m0/s1. The quantitative estimate of drug-likeness (QED) is 0.577. The van der Waals surface area contributed by atoms with E-state index in [2.05, 4.69) is 37.3 Å². The van der Waals surface area contributed by atoms with Crippen LogP contribution in [0.2, 0.25) is 0 Å². The predicted octanol–water partition coefficient (Wildman–Crippen LogP) is 5.77. The Morgan fingerprint density at radius 1 is 1.06 bits per heavy atom. The van der Waals surface area contributed by atoms with Gasteiger partial charge in [0.2, 0.25) is 0 Å². The summed E-state index contributed by atoms with van der Waals surface area (Å²) in [5, 5.41) is 0. The Labute approximate surface area is 186 Å². The van der Waals surface area contributed by atoms with Gasteiger partial charge in [0.1, 0.15) is 17.1 Å². The molecule has 0 N–H and O–H groups in total. The fourth-order valence-electron chi connectivity index (χ4n) is 5.64. The van der Waals surface area contributed by atoms with Crippen LogP contribution < -0.4 is 9.47 Å². The molecule has 1 fully saturated rings. The van der Waals surface area contributed by atoms with Crippen molar-refractivity contribution in [3.63, 3.8) is 0 Å². The van der Waals surface area contributed by atoms with Crippen LogP contribution in [0.1, 0.15) is 52.0 Å². The van der Waals surface area contributed by atoms with Crippen molar-refractivity contribution < 1.29 is 19.0 Å². The van der Waals surface area contributed by atoms with Crippen LogP contribution in [-0.4, -0.2) is 37.4 Å². The van der Waals surface area contributed by atoms with Gasteiger partial charge in [-0.25, -0.2) is 4.79 Å². The maximum absolute atomic E-state index is 13.1. The smallest absolute Gasteiger partial charge is 0.414 e. The minimum absolute atomic E-state index is 0.223. The molecule has 5 heteroatoms. The summed E-state index contributed by atoms with van der Waals surface area (Å²) >= 11 is 0. The van der Waals surface area contributed by atoms with Crippen LogP contribution in [0.15, 0.2) is 42.1 Å². The molecule has 1 saturated heterocycles. The Kier molecular flexibility index (Phi) is 5.80. The van der Waals surface area contributed by atoms with E-state index < -0.39 is 5.60 Å². The number of carbonyl (C=O) groups excluding carboxylic acids is 1. The molecule has 0 bridgehead atoms. The summed E-state index contributed by atoms with van der Waals surface area (Å²) in [6.07, 6.45) is 8.92. The Morgan fingerprint density at radius 3 is 2.35 bits per heavy atom. The molecule has 0 unspecified atom stereocenters. The van der Waals surface area contributed by atoms with Gasteiger partial charge in [-0.15, -0.1) is 0 Å². The van der Waals surface area contributed by atoms with Crippen molar-refractivity contribution >= 4 is 6.09 Å². The second-order valence-corrected chi connectivity index (χ2v) is 10.1. The van der Waals surface area contributed by atoms with E-state index in [-0.39, 0.29) is 12.0 Å². The second kappa shape index (κ2) is 8.25. The fourth-order valence-corrected chi connectivity index (χ4v) is 5.64. The summed E-state index contributed by atoms with van der Waals surface area (Å²) in [6.45, 7) is 8.73. The highest BCUT2D eigenvalue weighted by atomic mass is 16.6. The van der Waals surface area contributed by atoms with Crippen LogP contribution in [0.3, 0.4) is 0 Å². The molecule has 3 aliphatic rings. The van der Waals surface area contributed by atoms with Gasteiger partial charge >= 0.3 is 6.09 Å². The molecule has 5 atom stereocenters. The van der Waals surface area contributed by atoms with Gasteiger partial charge in [-0.2, -0.15) is 0 Å². The normalized spacial score (nSPS) is 29.7. The van der Waals surface area contributed by atoms with E-state index in [9.17, 15) is 4.79 Å². The van der Waals surface area contributed by atoms with Crippen LogP contribution in [0.4, 0.5) is 4.79 Å². The van der Waals surface area contributed by atoms with Crippen molar-refractivity contribution in [1.29, 1.82) is 0 Å². The van der Waals surface area contributed by atoms with Gasteiger partial charge < -0.3 is 14.2 Å². The molecule has 1 aromatic rings. The lowest BCUT2D eigenvalue weighted by molar-refractivity contribution is 0.00589. The number of ether oxygens (including phenoxy) is 3. The molecule has 31 heavy (non-hydrogen) atoms. The summed E-state index contributed by atoms with van der Waals surface area (Å²) in [7, 11) is 3.38. The van der Waals surface area contributed by atoms with Gasteiger partial charge in [-0.1, -0.05) is 25.2 Å². The van der Waals surface area contributed by atoms with Crippen LogP contribution in [0.25, 0.3) is 0 Å². The number of rotatable bonds is 3. The zero-order chi connectivity index (χ0) is 22.3. The zero-order valence-electron chi connectivity index (χ0n) is 19.6. The summed E-state index contributed by atoms with van der Waals surface area (Å²) in [5.74, 6) is 3.40. The van der Waals surface area contributed by atoms with Gasteiger partial charge in [0.25, 0.3) is 0 Å². The van der Waals surface area contributed by atoms with E-state index in [0.29, 0.717) is 30.2 Å². The van der Waals surface area contributed by atoms with E-state index in [0.717, 1.165) is 30.0 Å². The third kappa shape index (κ3) is 4.19. The highest BCUT2D eigenvalue weighted by molar-refractivity contribution is 5.71. The molecule has 4 rings (SSSR count). The Bertz CT molecular complexity index is 875. The summed E-state index contributed by atoms with van der Waals surface area (Å²) in [4.78, 5) is 15.0. The Balaban J connectivity index is 1.71. The van der Waals surface area contributed by atoms with Crippen molar-refractivity contribution in [2.24, 2.45) is 23.7 Å². The number of hydrogen-bond acceptors (Lipinski definition) is 4. The first-order chi connectivity index (χ1) is 14.7. The summed E-state index contributed by atoms with van der Waals surface area (Å²) in [5.41, 5.74) is 1.86. The molecule has 1 amide bonds. The van der Waals surface area contributed by atoms with Gasteiger partial charge in [0.05, 0.1) is 14.2 Å². The van der Waals surface area contributed by atoms with E-state index >= 15 is 0 Å². The van der Waals surface area contributed by atoms with Crippen molar-refractivity contribution in [3.05, 3.63) is 47.7 Å². The van der Waals surface area contributed by atoms with Gasteiger partial charge in [-0.3, -0.25) is 4.90 Å². The van der Waals surface area contributed by atoms with Crippen LogP contribution in [0.5, 0.6) is 11.5 Å². The molecule has 1 aliphatic heterocycles. The highest BCUT2D eigenvalue weighted by Gasteiger charge is 2.49. The molecular formula is C26H35NO4. The first kappa shape index (κ1) is 21.8. The first-order valence-electron chi connectivity index (χ1n) is 11.3. The lowest BCUT2D eigenvalue weighted by atomic mass is 9.58. The number of methoxy groups -OCH3 is 2. The van der Waals surface area contributed by atoms with Gasteiger partial charge in [-0.05, 0) is 69.1 Å². The van der Waals surface area contributed by atoms with E-state index in [1.807, 2.05) is 31.7 Å². The minimum Gasteiger partial charge on any atom is -0.497 e. The van der Waals surface area contributed by atoms with E-state index in [1.54, 1.807) is 14.2 Å². The minimum atomic E-state index is -0.502. The number of amides is 1. The number of hydrogen-bond donors (Lipinski definition) is 0. The molecule has 0 saturated carbocycles. The molecule has 1 heterocycles. The molecule has 5 nitrogen and oxygen atoms in total. The maximum atomic E-state index is 13.1. The van der Waals surface area contributed by atoms with Crippen LogP contribution >= 0.6 is 0 Å².